The molecule has 0 radical (unpaired) electrons. The summed E-state index contributed by atoms with van der Waals surface area (Å²) < 4.78 is 38.1. The first kappa shape index (κ1) is 42.7. The van der Waals surface area contributed by atoms with Crippen molar-refractivity contribution in [1.82, 2.24) is 0 Å². The zero-order chi connectivity index (χ0) is 40.7. The van der Waals surface area contributed by atoms with E-state index in [-0.39, 0.29) is 5.75 Å². The Morgan fingerprint density at radius 2 is 0.982 bits per heavy atom. The second-order valence-corrected chi connectivity index (χ2v) is 11.9. The maximum Gasteiger partial charge on any atom is 0.343 e. The molecule has 0 saturated heterocycles. The largest absolute Gasteiger partial charge is 0.494 e. The molecule has 0 N–H and O–H groups in total. The molecule has 13 heteroatoms. The van der Waals surface area contributed by atoms with E-state index in [9.17, 15) is 19.2 Å². The Labute approximate surface area is 331 Å². The molecule has 0 aliphatic carbocycles. The highest BCUT2D eigenvalue weighted by molar-refractivity contribution is 5.92. The Bertz CT molecular complexity index is 2010. The molecule has 0 atom stereocenters. The molecule has 0 amide bonds. The van der Waals surface area contributed by atoms with Crippen molar-refractivity contribution in [3.05, 3.63) is 139 Å². The lowest BCUT2D eigenvalue weighted by Crippen LogP contribution is -2.10. The molecule has 0 aliphatic rings. The van der Waals surface area contributed by atoms with E-state index in [4.69, 9.17) is 33.2 Å². The predicted octanol–water partition coefficient (Wildman–Crippen LogP) is 7.75. The van der Waals surface area contributed by atoms with Gasteiger partial charge in [-0.1, -0.05) is 13.2 Å². The molecule has 4 aromatic carbocycles. The quantitative estimate of drug-likeness (QED) is 0.0181. The minimum atomic E-state index is -0.561. The lowest BCUT2D eigenvalue weighted by Gasteiger charge is -2.12. The number of esters is 4. The molecular formula is C44H44N2O11. The van der Waals surface area contributed by atoms with E-state index in [1.165, 1.54) is 6.21 Å². The van der Waals surface area contributed by atoms with Gasteiger partial charge < -0.3 is 33.2 Å². The van der Waals surface area contributed by atoms with Gasteiger partial charge >= 0.3 is 23.9 Å². The Kier molecular flexibility index (Phi) is 17.8. The number of nitrogens with zero attached hydrogens (tertiary/aromatic N) is 2. The Morgan fingerprint density at radius 3 is 1.49 bits per heavy atom. The van der Waals surface area contributed by atoms with Crippen LogP contribution in [-0.2, 0) is 19.1 Å². The summed E-state index contributed by atoms with van der Waals surface area (Å²) in [7, 11) is 0. The van der Waals surface area contributed by atoms with Crippen LogP contribution in [-0.4, -0.2) is 69.3 Å². The van der Waals surface area contributed by atoms with Gasteiger partial charge in [-0.05, 0) is 135 Å². The standard InChI is InChI=1S/C44H44N2O11/c1-4-41(47)54-27-9-7-25-52-36-20-14-34(15-21-36)43(49)56-38-18-11-32(12-19-38)30-45-46-31-33-13-24-39(40(29-33)51-6-3)57-44(50)35-16-22-37(23-17-35)53-26-8-10-28-55-42(48)5-2/h4-5,11-24,29-31H,1-2,6-10,25-28H2,3H3/b45-30+,46-31+. The van der Waals surface area contributed by atoms with Crippen molar-refractivity contribution in [3.63, 3.8) is 0 Å². The van der Waals surface area contributed by atoms with Crippen molar-refractivity contribution in [2.75, 3.05) is 33.0 Å². The minimum absolute atomic E-state index is 0.251. The summed E-state index contributed by atoms with van der Waals surface area (Å²) >= 11 is 0. The van der Waals surface area contributed by atoms with Crippen LogP contribution in [0.5, 0.6) is 28.7 Å². The zero-order valence-electron chi connectivity index (χ0n) is 31.6. The summed E-state index contributed by atoms with van der Waals surface area (Å²) in [6.45, 7) is 10.3. The van der Waals surface area contributed by atoms with E-state index >= 15 is 0 Å². The number of carbonyl (C=O) groups is 4. The summed E-state index contributed by atoms with van der Waals surface area (Å²) in [6, 6.07) is 25.0. The van der Waals surface area contributed by atoms with E-state index in [0.29, 0.717) is 98.4 Å². The van der Waals surface area contributed by atoms with Crippen molar-refractivity contribution < 1.29 is 52.3 Å². The molecule has 0 heterocycles. The lowest BCUT2D eigenvalue weighted by molar-refractivity contribution is -0.138. The van der Waals surface area contributed by atoms with E-state index in [0.717, 1.165) is 17.7 Å². The number of hydrogen-bond acceptors (Lipinski definition) is 13. The number of carbonyl (C=O) groups excluding carboxylic acids is 4. The Hall–Kier alpha value is -7.02. The number of unbranched alkanes of at least 4 members (excludes halogenated alkanes) is 2. The van der Waals surface area contributed by atoms with Crippen LogP contribution >= 0.6 is 0 Å². The fraction of sp³-hybridized carbons (Fsp3) is 0.227. The number of benzene rings is 4. The van der Waals surface area contributed by atoms with Crippen molar-refractivity contribution in [3.8, 4) is 28.7 Å². The molecule has 57 heavy (non-hydrogen) atoms. The zero-order valence-corrected chi connectivity index (χ0v) is 31.6. The van der Waals surface area contributed by atoms with Crippen molar-refractivity contribution >= 4 is 36.3 Å². The maximum absolute atomic E-state index is 12.9. The van der Waals surface area contributed by atoms with Crippen molar-refractivity contribution in [2.24, 2.45) is 10.2 Å². The third-order valence-corrected chi connectivity index (χ3v) is 7.66. The normalized spacial score (nSPS) is 10.8. The topological polar surface area (TPSA) is 158 Å². The molecule has 0 fully saturated rings. The van der Waals surface area contributed by atoms with Gasteiger partial charge in [0.2, 0.25) is 0 Å². The number of rotatable bonds is 23. The summed E-state index contributed by atoms with van der Waals surface area (Å²) in [6.07, 6.45) is 8.03. The molecule has 13 nitrogen and oxygen atoms in total. The first-order valence-corrected chi connectivity index (χ1v) is 18.2. The fourth-order valence-corrected chi connectivity index (χ4v) is 4.73. The molecule has 0 unspecified atom stereocenters. The number of hydrogen-bond donors (Lipinski definition) is 0. The van der Waals surface area contributed by atoms with E-state index < -0.39 is 23.9 Å². The van der Waals surface area contributed by atoms with E-state index in [2.05, 4.69) is 23.4 Å². The minimum Gasteiger partial charge on any atom is -0.494 e. The smallest absolute Gasteiger partial charge is 0.343 e. The third-order valence-electron chi connectivity index (χ3n) is 7.66. The monoisotopic (exact) mass is 776 g/mol. The first-order valence-electron chi connectivity index (χ1n) is 18.2. The van der Waals surface area contributed by atoms with Gasteiger partial charge in [0.05, 0.1) is 56.6 Å². The average molecular weight is 777 g/mol. The fourth-order valence-electron chi connectivity index (χ4n) is 4.73. The molecule has 0 saturated carbocycles. The highest BCUT2D eigenvalue weighted by atomic mass is 16.6. The van der Waals surface area contributed by atoms with Gasteiger partial charge in [0.25, 0.3) is 0 Å². The summed E-state index contributed by atoms with van der Waals surface area (Å²) in [5.74, 6) is 0.204. The highest BCUT2D eigenvalue weighted by Gasteiger charge is 2.14. The van der Waals surface area contributed by atoms with E-state index in [1.807, 2.05) is 6.92 Å². The molecule has 296 valence electrons. The van der Waals surface area contributed by atoms with Crippen LogP contribution < -0.4 is 23.7 Å². The second kappa shape index (κ2) is 23.7. The molecule has 4 rings (SSSR count). The van der Waals surface area contributed by atoms with Crippen LogP contribution in [0.15, 0.2) is 127 Å². The molecule has 0 aliphatic heterocycles. The second-order valence-electron chi connectivity index (χ2n) is 11.9. The van der Waals surface area contributed by atoms with Crippen LogP contribution in [0.2, 0.25) is 0 Å². The van der Waals surface area contributed by atoms with Gasteiger partial charge in [0.1, 0.15) is 17.2 Å². The Balaban J connectivity index is 1.21. The molecule has 0 spiro atoms. The van der Waals surface area contributed by atoms with E-state index in [1.54, 1.807) is 97.2 Å². The van der Waals surface area contributed by atoms with Crippen LogP contribution in [0, 0.1) is 0 Å². The van der Waals surface area contributed by atoms with Gasteiger partial charge in [-0.3, -0.25) is 0 Å². The van der Waals surface area contributed by atoms with Crippen molar-refractivity contribution in [2.45, 2.75) is 32.6 Å². The average Bonchev–Trinajstić information content (AvgIpc) is 3.23. The lowest BCUT2D eigenvalue weighted by atomic mass is 10.2. The summed E-state index contributed by atoms with van der Waals surface area (Å²) in [5.41, 5.74) is 2.10. The van der Waals surface area contributed by atoms with Gasteiger partial charge in [0, 0.05) is 12.2 Å². The summed E-state index contributed by atoms with van der Waals surface area (Å²) in [5, 5.41) is 8.23. The van der Waals surface area contributed by atoms with Gasteiger partial charge in [-0.25, -0.2) is 19.2 Å². The van der Waals surface area contributed by atoms with Gasteiger partial charge in [0.15, 0.2) is 11.5 Å². The predicted molar refractivity (Wildman–Crippen MR) is 214 cm³/mol. The molecule has 4 aromatic rings. The maximum atomic E-state index is 12.9. The molecule has 0 aromatic heterocycles. The SMILES string of the molecule is C=CC(=O)OCCCCOc1ccc(C(=O)Oc2ccc(/C=N/N=C/c3ccc(OC(=O)c4ccc(OCCCCOC(=O)C=C)cc4)c(OCC)c3)cc2)cc1. The highest BCUT2D eigenvalue weighted by Crippen LogP contribution is 2.29. The van der Waals surface area contributed by atoms with Gasteiger partial charge in [-0.2, -0.15) is 10.2 Å². The van der Waals surface area contributed by atoms with Crippen LogP contribution in [0.3, 0.4) is 0 Å². The van der Waals surface area contributed by atoms with Crippen LogP contribution in [0.1, 0.15) is 64.4 Å². The first-order chi connectivity index (χ1) is 27.8. The molecular weight excluding hydrogens is 732 g/mol. The van der Waals surface area contributed by atoms with Crippen molar-refractivity contribution in [1.29, 1.82) is 0 Å². The molecule has 0 bridgehead atoms. The Morgan fingerprint density at radius 1 is 0.526 bits per heavy atom. The third kappa shape index (κ3) is 15.3. The van der Waals surface area contributed by atoms with Crippen LogP contribution in [0.4, 0.5) is 0 Å². The van der Waals surface area contributed by atoms with Crippen LogP contribution in [0.25, 0.3) is 0 Å². The van der Waals surface area contributed by atoms with Gasteiger partial charge in [-0.15, -0.1) is 0 Å². The number of ether oxygens (including phenoxy) is 7. The summed E-state index contributed by atoms with van der Waals surface area (Å²) in [4.78, 5) is 47.7.